The predicted octanol–water partition coefficient (Wildman–Crippen LogP) is 6.27. The first kappa shape index (κ1) is 15.7. The molecule has 1 aliphatic heterocycles. The maximum atomic E-state index is 6.29. The summed E-state index contributed by atoms with van der Waals surface area (Å²) in [6, 6.07) is 13.6. The summed E-state index contributed by atoms with van der Waals surface area (Å²) in [5.74, 6) is 1.89. The topological polar surface area (TPSA) is 9.23 Å². The molecule has 0 aromatic heterocycles. The minimum absolute atomic E-state index is 0.771. The van der Waals surface area contributed by atoms with Crippen LogP contribution in [0.25, 0.3) is 10.8 Å². The average molecular weight is 422 g/mol. The molecule has 1 heterocycles. The second kappa shape index (κ2) is 7.42. The third kappa shape index (κ3) is 3.52. The number of ether oxygens (including phenoxy) is 1. The molecule has 0 amide bonds. The van der Waals surface area contributed by atoms with Gasteiger partial charge in [0.05, 0.1) is 0 Å². The molecular formula is C21H27IO. The van der Waals surface area contributed by atoms with E-state index in [9.17, 15) is 0 Å². The van der Waals surface area contributed by atoms with Crippen LogP contribution in [-0.4, -0.2) is 15.5 Å². The van der Waals surface area contributed by atoms with E-state index >= 15 is 0 Å². The molecular weight excluding hydrogens is 395 g/mol. The molecule has 4 rings (SSSR count). The molecule has 2 aromatic rings. The summed E-state index contributed by atoms with van der Waals surface area (Å²) < 4.78 is 11.0. The quantitative estimate of drug-likeness (QED) is 0.417. The predicted molar refractivity (Wildman–Crippen MR) is 108 cm³/mol. The van der Waals surface area contributed by atoms with Crippen LogP contribution in [0.15, 0.2) is 36.4 Å². The minimum atomic E-state index is -0.902. The Kier molecular flexibility index (Phi) is 5.07. The van der Waals surface area contributed by atoms with Gasteiger partial charge in [-0.3, -0.25) is 0 Å². The fourth-order valence-electron chi connectivity index (χ4n) is 3.96. The van der Waals surface area contributed by atoms with Crippen LogP contribution >= 0.6 is 19.8 Å². The van der Waals surface area contributed by atoms with E-state index in [1.54, 1.807) is 3.57 Å². The zero-order valence-corrected chi connectivity index (χ0v) is 16.1. The first-order valence-corrected chi connectivity index (χ1v) is 13.3. The first-order valence-electron chi connectivity index (χ1n) is 9.18. The normalized spacial score (nSPS) is 21.0. The Bertz CT molecular complexity index is 654. The maximum absolute atomic E-state index is 6.29. The summed E-state index contributed by atoms with van der Waals surface area (Å²) in [6.45, 7) is 0.908. The fourth-order valence-corrected chi connectivity index (χ4v) is 10.6. The van der Waals surface area contributed by atoms with Crippen LogP contribution in [0.1, 0.15) is 44.9 Å². The molecule has 23 heavy (non-hydrogen) atoms. The van der Waals surface area contributed by atoms with Crippen molar-refractivity contribution in [3.8, 4) is 5.75 Å². The van der Waals surface area contributed by atoms with Gasteiger partial charge in [-0.15, -0.1) is 0 Å². The van der Waals surface area contributed by atoms with Crippen LogP contribution in [0, 0.1) is 9.49 Å². The Hall–Kier alpha value is -0.770. The number of hydrogen-bond acceptors (Lipinski definition) is 1. The van der Waals surface area contributed by atoms with Gasteiger partial charge >= 0.3 is 147 Å². The van der Waals surface area contributed by atoms with Crippen LogP contribution in [0.5, 0.6) is 5.75 Å². The Morgan fingerprint density at radius 3 is 2.35 bits per heavy atom. The molecule has 1 saturated carbocycles. The molecule has 0 atom stereocenters. The van der Waals surface area contributed by atoms with Crippen LogP contribution in [0.4, 0.5) is 0 Å². The van der Waals surface area contributed by atoms with Crippen molar-refractivity contribution in [2.75, 3.05) is 15.5 Å². The van der Waals surface area contributed by atoms with Gasteiger partial charge in [-0.25, -0.2) is 0 Å². The number of halogens is 1. The molecule has 1 aliphatic carbocycles. The van der Waals surface area contributed by atoms with Gasteiger partial charge in [-0.05, 0) is 0 Å². The summed E-state index contributed by atoms with van der Waals surface area (Å²) in [5.41, 5.74) is 0. The molecule has 1 nitrogen and oxygen atoms in total. The Balaban J connectivity index is 1.58. The summed E-state index contributed by atoms with van der Waals surface area (Å²) >= 11 is -0.902. The molecule has 0 radical (unpaired) electrons. The second-order valence-electron chi connectivity index (χ2n) is 6.95. The van der Waals surface area contributed by atoms with Crippen molar-refractivity contribution in [1.82, 2.24) is 0 Å². The monoisotopic (exact) mass is 422 g/mol. The van der Waals surface area contributed by atoms with Crippen molar-refractivity contribution in [3.63, 3.8) is 0 Å². The standard InChI is InChI=1S/C21H27IO/c1-2-8-17(9-3-1)16-23-21-13-12-20(22-14-6-7-15-22)18-10-4-5-11-19(18)21/h4-5,10-13,17H,1-3,6-9,14-16H2. The van der Waals surface area contributed by atoms with Gasteiger partial charge in [0.2, 0.25) is 0 Å². The molecule has 1 saturated heterocycles. The van der Waals surface area contributed by atoms with Crippen molar-refractivity contribution < 1.29 is 4.74 Å². The number of benzene rings is 2. The summed E-state index contributed by atoms with van der Waals surface area (Å²) in [6.07, 6.45) is 9.82. The Morgan fingerprint density at radius 1 is 0.826 bits per heavy atom. The molecule has 2 heteroatoms. The van der Waals surface area contributed by atoms with Gasteiger partial charge in [0.15, 0.2) is 0 Å². The van der Waals surface area contributed by atoms with Gasteiger partial charge in [-0.2, -0.15) is 0 Å². The van der Waals surface area contributed by atoms with Crippen LogP contribution in [-0.2, 0) is 0 Å². The van der Waals surface area contributed by atoms with E-state index in [1.165, 1.54) is 64.6 Å². The number of alkyl halides is 2. The molecule has 2 aliphatic rings. The van der Waals surface area contributed by atoms with E-state index in [1.807, 2.05) is 0 Å². The first-order chi connectivity index (χ1) is 11.4. The van der Waals surface area contributed by atoms with E-state index in [4.69, 9.17) is 4.74 Å². The second-order valence-corrected chi connectivity index (χ2v) is 12.9. The van der Waals surface area contributed by atoms with Crippen LogP contribution < -0.4 is 4.74 Å². The number of fused-ring (bicyclic) bond motifs is 1. The average Bonchev–Trinajstić information content (AvgIpc) is 3.15. The van der Waals surface area contributed by atoms with Crippen LogP contribution in [0.3, 0.4) is 0 Å². The summed E-state index contributed by atoms with van der Waals surface area (Å²) in [5, 5.41) is 2.84. The summed E-state index contributed by atoms with van der Waals surface area (Å²) in [4.78, 5) is 0. The van der Waals surface area contributed by atoms with Crippen molar-refractivity contribution in [3.05, 3.63) is 40.0 Å². The van der Waals surface area contributed by atoms with Gasteiger partial charge < -0.3 is 0 Å². The molecule has 2 aromatic carbocycles. The third-order valence-electron chi connectivity index (χ3n) is 5.29. The zero-order valence-electron chi connectivity index (χ0n) is 13.9. The van der Waals surface area contributed by atoms with Crippen LogP contribution in [0.2, 0.25) is 0 Å². The molecule has 0 spiro atoms. The van der Waals surface area contributed by atoms with Gasteiger partial charge in [0.25, 0.3) is 0 Å². The third-order valence-corrected chi connectivity index (χ3v) is 12.0. The van der Waals surface area contributed by atoms with Crippen molar-refractivity contribution >= 4 is 30.6 Å². The van der Waals surface area contributed by atoms with Crippen molar-refractivity contribution in [1.29, 1.82) is 0 Å². The van der Waals surface area contributed by atoms with E-state index in [-0.39, 0.29) is 0 Å². The number of hydrogen-bond donors (Lipinski definition) is 0. The van der Waals surface area contributed by atoms with E-state index in [0.29, 0.717) is 0 Å². The Labute approximate surface area is 147 Å². The van der Waals surface area contributed by atoms with E-state index in [0.717, 1.165) is 18.3 Å². The SMILES string of the molecule is c1ccc2c(I3CCCC3)ccc(OCC3CCCCC3)c2c1. The van der Waals surface area contributed by atoms with Gasteiger partial charge in [0.1, 0.15) is 0 Å². The Morgan fingerprint density at radius 2 is 1.57 bits per heavy atom. The molecule has 0 unspecified atom stereocenters. The molecule has 2 fully saturated rings. The zero-order chi connectivity index (χ0) is 15.5. The van der Waals surface area contributed by atoms with Gasteiger partial charge in [-0.1, -0.05) is 0 Å². The summed E-state index contributed by atoms with van der Waals surface area (Å²) in [7, 11) is 0. The number of rotatable bonds is 4. The van der Waals surface area contributed by atoms with E-state index < -0.39 is 19.8 Å². The van der Waals surface area contributed by atoms with Gasteiger partial charge in [0, 0.05) is 0 Å². The van der Waals surface area contributed by atoms with E-state index in [2.05, 4.69) is 36.4 Å². The molecule has 124 valence electrons. The molecule has 0 N–H and O–H groups in total. The van der Waals surface area contributed by atoms with Crippen molar-refractivity contribution in [2.24, 2.45) is 5.92 Å². The van der Waals surface area contributed by atoms with Crippen molar-refractivity contribution in [2.45, 2.75) is 44.9 Å². The fraction of sp³-hybridized carbons (Fsp3) is 0.524. The molecule has 0 bridgehead atoms.